The summed E-state index contributed by atoms with van der Waals surface area (Å²) in [6, 6.07) is 10.8. The Kier molecular flexibility index (Phi) is 6.77. The van der Waals surface area contributed by atoms with Crippen LogP contribution in [0.3, 0.4) is 0 Å². The number of esters is 1. The number of carbonyl (C=O) groups excluding carboxylic acids is 2. The third kappa shape index (κ3) is 5.74. The second-order valence-electron chi connectivity index (χ2n) is 6.65. The summed E-state index contributed by atoms with van der Waals surface area (Å²) in [7, 11) is 0. The van der Waals surface area contributed by atoms with Gasteiger partial charge in [-0.05, 0) is 55.3 Å². The summed E-state index contributed by atoms with van der Waals surface area (Å²) in [5, 5.41) is 3.13. The minimum atomic E-state index is -0.944. The number of aryl methyl sites for hydroxylation is 1. The number of ether oxygens (including phenoxy) is 3. The van der Waals surface area contributed by atoms with Gasteiger partial charge in [-0.15, -0.1) is 0 Å². The summed E-state index contributed by atoms with van der Waals surface area (Å²) < 4.78 is 16.4. The number of rotatable bonds is 5. The standard InChI is InChI=1S/C22H22ClNO5/c1-14-5-3-6-17(11-14)24-22(26)15(2)29-20(25)8-7-16-12-18(23)21-19(13-16)27-9-4-10-28-21/h3,5-8,11-13,15H,4,9-10H2,1-2H3,(H,24,26)/b8-7+. The fraction of sp³-hybridized carbons (Fsp3) is 0.273. The summed E-state index contributed by atoms with van der Waals surface area (Å²) in [6.07, 6.45) is 2.62. The molecule has 2 aromatic rings. The van der Waals surface area contributed by atoms with Crippen LogP contribution in [0.25, 0.3) is 6.08 Å². The van der Waals surface area contributed by atoms with Gasteiger partial charge in [0.2, 0.25) is 0 Å². The highest BCUT2D eigenvalue weighted by Gasteiger charge is 2.17. The zero-order chi connectivity index (χ0) is 20.8. The molecule has 1 N–H and O–H groups in total. The largest absolute Gasteiger partial charge is 0.489 e. The molecule has 0 bridgehead atoms. The maximum absolute atomic E-state index is 12.2. The van der Waals surface area contributed by atoms with Crippen molar-refractivity contribution < 1.29 is 23.8 Å². The number of hydrogen-bond donors (Lipinski definition) is 1. The van der Waals surface area contributed by atoms with Gasteiger partial charge in [-0.1, -0.05) is 23.7 Å². The van der Waals surface area contributed by atoms with E-state index in [1.165, 1.54) is 13.0 Å². The molecule has 2 aromatic carbocycles. The van der Waals surface area contributed by atoms with E-state index in [-0.39, 0.29) is 0 Å². The van der Waals surface area contributed by atoms with Gasteiger partial charge in [0.25, 0.3) is 5.91 Å². The van der Waals surface area contributed by atoms with Crippen molar-refractivity contribution in [2.45, 2.75) is 26.4 Å². The van der Waals surface area contributed by atoms with Gasteiger partial charge in [-0.3, -0.25) is 4.79 Å². The summed E-state index contributed by atoms with van der Waals surface area (Å²) in [5.41, 5.74) is 2.33. The molecule has 152 valence electrons. The van der Waals surface area contributed by atoms with E-state index >= 15 is 0 Å². The zero-order valence-corrected chi connectivity index (χ0v) is 17.0. The van der Waals surface area contributed by atoms with Gasteiger partial charge in [0, 0.05) is 18.2 Å². The van der Waals surface area contributed by atoms with Crippen LogP contribution in [0, 0.1) is 6.92 Å². The van der Waals surface area contributed by atoms with Crippen molar-refractivity contribution >= 4 is 35.2 Å². The Balaban J connectivity index is 1.59. The molecule has 0 radical (unpaired) electrons. The average molecular weight is 416 g/mol. The first kappa shape index (κ1) is 20.7. The SMILES string of the molecule is Cc1cccc(NC(=O)C(C)OC(=O)/C=C/c2cc(Cl)c3c(c2)OCCCO3)c1. The molecule has 0 fully saturated rings. The molecule has 1 amide bonds. The number of nitrogens with one attached hydrogen (secondary N) is 1. The normalized spacial score (nSPS) is 14.2. The molecule has 1 heterocycles. The Morgan fingerprint density at radius 3 is 2.79 bits per heavy atom. The first-order chi connectivity index (χ1) is 13.9. The van der Waals surface area contributed by atoms with E-state index in [0.717, 1.165) is 12.0 Å². The van der Waals surface area contributed by atoms with Crippen molar-refractivity contribution in [3.8, 4) is 11.5 Å². The number of hydrogen-bond acceptors (Lipinski definition) is 5. The van der Waals surface area contributed by atoms with Crippen LogP contribution in [0.4, 0.5) is 5.69 Å². The average Bonchev–Trinajstić information content (AvgIpc) is 2.92. The Bertz CT molecular complexity index is 941. The number of fused-ring (bicyclic) bond motifs is 1. The molecule has 1 atom stereocenters. The smallest absolute Gasteiger partial charge is 0.331 e. The van der Waals surface area contributed by atoms with E-state index in [1.807, 2.05) is 25.1 Å². The van der Waals surface area contributed by atoms with Crippen molar-refractivity contribution in [2.75, 3.05) is 18.5 Å². The van der Waals surface area contributed by atoms with E-state index in [9.17, 15) is 9.59 Å². The van der Waals surface area contributed by atoms with Gasteiger partial charge >= 0.3 is 5.97 Å². The molecule has 1 aliphatic rings. The van der Waals surface area contributed by atoms with E-state index < -0.39 is 18.0 Å². The monoisotopic (exact) mass is 415 g/mol. The highest BCUT2D eigenvalue weighted by molar-refractivity contribution is 6.32. The molecule has 6 nitrogen and oxygen atoms in total. The van der Waals surface area contributed by atoms with Crippen LogP contribution in [0.15, 0.2) is 42.5 Å². The highest BCUT2D eigenvalue weighted by Crippen LogP contribution is 2.38. The lowest BCUT2D eigenvalue weighted by Gasteiger charge is -2.13. The first-order valence-electron chi connectivity index (χ1n) is 9.28. The molecule has 0 saturated heterocycles. The van der Waals surface area contributed by atoms with Crippen LogP contribution in [0.1, 0.15) is 24.5 Å². The lowest BCUT2D eigenvalue weighted by molar-refractivity contribution is -0.148. The third-order valence-corrected chi connectivity index (χ3v) is 4.46. The van der Waals surface area contributed by atoms with Gasteiger partial charge in [-0.2, -0.15) is 0 Å². The van der Waals surface area contributed by atoms with Gasteiger partial charge in [0.05, 0.1) is 18.2 Å². The minimum absolute atomic E-state index is 0.406. The Morgan fingerprint density at radius 2 is 2.00 bits per heavy atom. The van der Waals surface area contributed by atoms with Crippen molar-refractivity contribution in [1.82, 2.24) is 0 Å². The van der Waals surface area contributed by atoms with Crippen molar-refractivity contribution in [3.63, 3.8) is 0 Å². The predicted molar refractivity (Wildman–Crippen MR) is 111 cm³/mol. The summed E-state index contributed by atoms with van der Waals surface area (Å²) in [6.45, 7) is 4.51. The Hall–Kier alpha value is -2.99. The van der Waals surface area contributed by atoms with Gasteiger partial charge < -0.3 is 19.5 Å². The lowest BCUT2D eigenvalue weighted by Crippen LogP contribution is -2.29. The Morgan fingerprint density at radius 1 is 1.21 bits per heavy atom. The van der Waals surface area contributed by atoms with Crippen LogP contribution in [0.5, 0.6) is 11.5 Å². The van der Waals surface area contributed by atoms with Crippen LogP contribution in [0.2, 0.25) is 5.02 Å². The van der Waals surface area contributed by atoms with Crippen molar-refractivity contribution in [2.24, 2.45) is 0 Å². The number of carbonyl (C=O) groups is 2. The summed E-state index contributed by atoms with van der Waals surface area (Å²) in [5.74, 6) is -0.00430. The van der Waals surface area contributed by atoms with E-state index in [2.05, 4.69) is 5.32 Å². The number of amides is 1. The molecular formula is C22H22ClNO5. The quantitative estimate of drug-likeness (QED) is 0.579. The molecule has 0 saturated carbocycles. The molecular weight excluding hydrogens is 394 g/mol. The summed E-state index contributed by atoms with van der Waals surface area (Å²) >= 11 is 6.24. The van der Waals surface area contributed by atoms with Crippen molar-refractivity contribution in [3.05, 3.63) is 58.6 Å². The molecule has 0 aliphatic carbocycles. The molecule has 0 aromatic heterocycles. The molecule has 1 unspecified atom stereocenters. The fourth-order valence-corrected chi connectivity index (χ4v) is 3.02. The van der Waals surface area contributed by atoms with Crippen LogP contribution in [-0.4, -0.2) is 31.2 Å². The third-order valence-electron chi connectivity index (χ3n) is 4.18. The van der Waals surface area contributed by atoms with Crippen LogP contribution < -0.4 is 14.8 Å². The van der Waals surface area contributed by atoms with Crippen molar-refractivity contribution in [1.29, 1.82) is 0 Å². The predicted octanol–water partition coefficient (Wildman–Crippen LogP) is 4.39. The first-order valence-corrected chi connectivity index (χ1v) is 9.65. The van der Waals surface area contributed by atoms with Gasteiger partial charge in [0.1, 0.15) is 0 Å². The second-order valence-corrected chi connectivity index (χ2v) is 7.06. The number of halogens is 1. The maximum Gasteiger partial charge on any atom is 0.331 e. The van der Waals surface area contributed by atoms with E-state index in [0.29, 0.717) is 41.0 Å². The van der Waals surface area contributed by atoms with Gasteiger partial charge in [-0.25, -0.2) is 4.79 Å². The molecule has 1 aliphatic heterocycles. The Labute approximate surface area is 174 Å². The topological polar surface area (TPSA) is 73.9 Å². The number of benzene rings is 2. The fourth-order valence-electron chi connectivity index (χ4n) is 2.74. The van der Waals surface area contributed by atoms with E-state index in [1.54, 1.807) is 24.3 Å². The zero-order valence-electron chi connectivity index (χ0n) is 16.2. The van der Waals surface area contributed by atoms with E-state index in [4.69, 9.17) is 25.8 Å². The molecule has 7 heteroatoms. The molecule has 3 rings (SSSR count). The van der Waals surface area contributed by atoms with Crippen LogP contribution >= 0.6 is 11.6 Å². The number of anilines is 1. The van der Waals surface area contributed by atoms with Crippen LogP contribution in [-0.2, 0) is 14.3 Å². The molecule has 29 heavy (non-hydrogen) atoms. The molecule has 0 spiro atoms. The maximum atomic E-state index is 12.2. The van der Waals surface area contributed by atoms with Gasteiger partial charge in [0.15, 0.2) is 17.6 Å². The lowest BCUT2D eigenvalue weighted by atomic mass is 10.2. The minimum Gasteiger partial charge on any atom is -0.489 e. The highest BCUT2D eigenvalue weighted by atomic mass is 35.5. The second kappa shape index (κ2) is 9.47. The summed E-state index contributed by atoms with van der Waals surface area (Å²) in [4.78, 5) is 24.3.